The third kappa shape index (κ3) is 4.58. The van der Waals surface area contributed by atoms with E-state index in [1.807, 2.05) is 32.0 Å². The van der Waals surface area contributed by atoms with Crippen LogP contribution in [0.15, 0.2) is 18.2 Å². The van der Waals surface area contributed by atoms with Crippen molar-refractivity contribution in [2.75, 3.05) is 0 Å². The number of carboxylic acid groups (broad SMARTS) is 1. The Bertz CT molecular complexity index is 424. The number of carboxylic acids is 1. The highest BCUT2D eigenvalue weighted by Gasteiger charge is 2.20. The molecule has 0 aliphatic heterocycles. The van der Waals surface area contributed by atoms with Gasteiger partial charge in [0.2, 0.25) is 0 Å². The summed E-state index contributed by atoms with van der Waals surface area (Å²) in [5, 5.41) is 9.23. The standard InChI is InChI=1S/C16H24O3/c1-5-6-7-14(16(17)18)19-15-10-12(4)8-9-13(15)11(2)3/h8-11,14H,5-7H2,1-4H3,(H,17,18). The van der Waals surface area contributed by atoms with Gasteiger partial charge in [-0.05, 0) is 42.9 Å². The number of hydrogen-bond acceptors (Lipinski definition) is 2. The Balaban J connectivity index is 2.94. The average Bonchev–Trinajstić information content (AvgIpc) is 2.33. The van der Waals surface area contributed by atoms with Crippen LogP contribution >= 0.6 is 0 Å². The molecule has 106 valence electrons. The summed E-state index contributed by atoms with van der Waals surface area (Å²) in [5.41, 5.74) is 2.15. The number of rotatable bonds is 7. The van der Waals surface area contributed by atoms with Crippen LogP contribution in [0.25, 0.3) is 0 Å². The van der Waals surface area contributed by atoms with E-state index in [1.54, 1.807) is 0 Å². The van der Waals surface area contributed by atoms with Crippen LogP contribution in [-0.2, 0) is 4.79 Å². The van der Waals surface area contributed by atoms with E-state index in [0.29, 0.717) is 18.1 Å². The van der Waals surface area contributed by atoms with E-state index in [1.165, 1.54) is 0 Å². The Morgan fingerprint density at radius 3 is 2.58 bits per heavy atom. The molecule has 1 unspecified atom stereocenters. The van der Waals surface area contributed by atoms with Crippen molar-refractivity contribution in [1.82, 2.24) is 0 Å². The lowest BCUT2D eigenvalue weighted by molar-refractivity contribution is -0.145. The molecule has 1 rings (SSSR count). The number of hydrogen-bond donors (Lipinski definition) is 1. The van der Waals surface area contributed by atoms with Gasteiger partial charge in [0.05, 0.1) is 0 Å². The zero-order valence-electron chi connectivity index (χ0n) is 12.3. The van der Waals surface area contributed by atoms with Gasteiger partial charge in [0.15, 0.2) is 6.10 Å². The first kappa shape index (κ1) is 15.5. The molecule has 0 aliphatic carbocycles. The number of aliphatic carboxylic acids is 1. The van der Waals surface area contributed by atoms with Crippen molar-refractivity contribution in [2.45, 2.75) is 59.0 Å². The van der Waals surface area contributed by atoms with Crippen molar-refractivity contribution in [2.24, 2.45) is 0 Å². The lowest BCUT2D eigenvalue weighted by Crippen LogP contribution is -2.27. The fourth-order valence-electron chi connectivity index (χ4n) is 2.00. The van der Waals surface area contributed by atoms with E-state index in [-0.39, 0.29) is 0 Å². The summed E-state index contributed by atoms with van der Waals surface area (Å²) < 4.78 is 5.75. The third-order valence-corrected chi connectivity index (χ3v) is 3.16. The molecule has 0 spiro atoms. The van der Waals surface area contributed by atoms with Gasteiger partial charge in [0.25, 0.3) is 0 Å². The average molecular weight is 264 g/mol. The summed E-state index contributed by atoms with van der Waals surface area (Å²) in [5.74, 6) is 0.138. The van der Waals surface area contributed by atoms with Crippen molar-refractivity contribution in [3.8, 4) is 5.75 Å². The van der Waals surface area contributed by atoms with Gasteiger partial charge >= 0.3 is 5.97 Å². The molecule has 0 fully saturated rings. The molecule has 19 heavy (non-hydrogen) atoms. The Kier molecular flexibility index (Phi) is 5.87. The molecule has 3 nitrogen and oxygen atoms in total. The highest BCUT2D eigenvalue weighted by molar-refractivity contribution is 5.72. The second kappa shape index (κ2) is 7.17. The summed E-state index contributed by atoms with van der Waals surface area (Å²) >= 11 is 0. The lowest BCUT2D eigenvalue weighted by atomic mass is 10.0. The van der Waals surface area contributed by atoms with Gasteiger partial charge in [-0.2, -0.15) is 0 Å². The highest BCUT2D eigenvalue weighted by atomic mass is 16.5. The summed E-state index contributed by atoms with van der Waals surface area (Å²) in [6.07, 6.45) is 1.63. The lowest BCUT2D eigenvalue weighted by Gasteiger charge is -2.19. The van der Waals surface area contributed by atoms with Crippen LogP contribution in [0.3, 0.4) is 0 Å². The smallest absolute Gasteiger partial charge is 0.344 e. The van der Waals surface area contributed by atoms with E-state index < -0.39 is 12.1 Å². The number of carbonyl (C=O) groups is 1. The van der Waals surface area contributed by atoms with Gasteiger partial charge in [-0.25, -0.2) is 4.79 Å². The van der Waals surface area contributed by atoms with Gasteiger partial charge in [-0.3, -0.25) is 0 Å². The Labute approximate surface area is 115 Å². The van der Waals surface area contributed by atoms with Crippen LogP contribution in [0, 0.1) is 6.92 Å². The summed E-state index contributed by atoms with van der Waals surface area (Å²) in [4.78, 5) is 11.3. The highest BCUT2D eigenvalue weighted by Crippen LogP contribution is 2.29. The molecule has 0 amide bonds. The van der Waals surface area contributed by atoms with Crippen LogP contribution in [0.1, 0.15) is 57.1 Å². The molecular weight excluding hydrogens is 240 g/mol. The number of ether oxygens (including phenoxy) is 1. The summed E-state index contributed by atoms with van der Waals surface area (Å²) in [7, 11) is 0. The van der Waals surface area contributed by atoms with Crippen molar-refractivity contribution >= 4 is 5.97 Å². The second-order valence-electron chi connectivity index (χ2n) is 5.28. The van der Waals surface area contributed by atoms with E-state index in [2.05, 4.69) is 13.8 Å². The largest absolute Gasteiger partial charge is 0.479 e. The summed E-state index contributed by atoms with van der Waals surface area (Å²) in [6.45, 7) is 8.20. The zero-order valence-corrected chi connectivity index (χ0v) is 12.3. The van der Waals surface area contributed by atoms with E-state index in [4.69, 9.17) is 4.74 Å². The molecule has 0 heterocycles. The molecule has 1 aromatic rings. The van der Waals surface area contributed by atoms with Gasteiger partial charge in [-0.15, -0.1) is 0 Å². The number of benzene rings is 1. The maximum atomic E-state index is 11.3. The molecule has 1 aromatic carbocycles. The van der Waals surface area contributed by atoms with Crippen LogP contribution < -0.4 is 4.74 Å². The zero-order chi connectivity index (χ0) is 14.4. The van der Waals surface area contributed by atoms with E-state index in [9.17, 15) is 9.90 Å². The van der Waals surface area contributed by atoms with Crippen molar-refractivity contribution in [3.63, 3.8) is 0 Å². The van der Waals surface area contributed by atoms with Crippen molar-refractivity contribution < 1.29 is 14.6 Å². The first-order valence-electron chi connectivity index (χ1n) is 6.95. The number of aryl methyl sites for hydroxylation is 1. The first-order valence-corrected chi connectivity index (χ1v) is 6.95. The quantitative estimate of drug-likeness (QED) is 0.805. The monoisotopic (exact) mass is 264 g/mol. The maximum absolute atomic E-state index is 11.3. The van der Waals surface area contributed by atoms with Crippen LogP contribution in [-0.4, -0.2) is 17.2 Å². The van der Waals surface area contributed by atoms with Crippen molar-refractivity contribution in [1.29, 1.82) is 0 Å². The minimum Gasteiger partial charge on any atom is -0.479 e. The minimum absolute atomic E-state index is 0.316. The maximum Gasteiger partial charge on any atom is 0.344 e. The molecule has 0 saturated carbocycles. The number of unbranched alkanes of at least 4 members (excludes halogenated alkanes) is 1. The molecule has 0 aliphatic rings. The minimum atomic E-state index is -0.885. The molecule has 0 radical (unpaired) electrons. The SMILES string of the molecule is CCCCC(Oc1cc(C)ccc1C(C)C)C(=O)O. The molecule has 1 atom stereocenters. The molecule has 0 aromatic heterocycles. The van der Waals surface area contributed by atoms with Gasteiger partial charge in [-0.1, -0.05) is 39.3 Å². The molecule has 0 saturated heterocycles. The van der Waals surface area contributed by atoms with Crippen LogP contribution in [0.2, 0.25) is 0 Å². The predicted molar refractivity (Wildman–Crippen MR) is 76.8 cm³/mol. The normalized spacial score (nSPS) is 12.5. The van der Waals surface area contributed by atoms with E-state index >= 15 is 0 Å². The summed E-state index contributed by atoms with van der Waals surface area (Å²) in [6, 6.07) is 5.98. The fourth-order valence-corrected chi connectivity index (χ4v) is 2.00. The first-order chi connectivity index (χ1) is 8.95. The van der Waals surface area contributed by atoms with Crippen molar-refractivity contribution in [3.05, 3.63) is 29.3 Å². The van der Waals surface area contributed by atoms with Gasteiger partial charge in [0.1, 0.15) is 5.75 Å². The topological polar surface area (TPSA) is 46.5 Å². The van der Waals surface area contributed by atoms with E-state index in [0.717, 1.165) is 24.0 Å². The molecular formula is C16H24O3. The third-order valence-electron chi connectivity index (χ3n) is 3.16. The Morgan fingerprint density at radius 1 is 1.37 bits per heavy atom. The van der Waals surface area contributed by atoms with Crippen LogP contribution in [0.5, 0.6) is 5.75 Å². The molecule has 3 heteroatoms. The fraction of sp³-hybridized carbons (Fsp3) is 0.562. The Hall–Kier alpha value is -1.51. The predicted octanol–water partition coefficient (Wildman–Crippen LogP) is 4.14. The Morgan fingerprint density at radius 2 is 2.05 bits per heavy atom. The van der Waals surface area contributed by atoms with Gasteiger partial charge in [0, 0.05) is 0 Å². The van der Waals surface area contributed by atoms with Crippen LogP contribution in [0.4, 0.5) is 0 Å². The molecule has 0 bridgehead atoms. The molecule has 1 N–H and O–H groups in total. The van der Waals surface area contributed by atoms with Gasteiger partial charge < -0.3 is 9.84 Å². The second-order valence-corrected chi connectivity index (χ2v) is 5.28.